The third-order valence-corrected chi connectivity index (χ3v) is 7.03. The molecule has 2 aromatic heterocycles. The molecule has 5 heteroatoms. The van der Waals surface area contributed by atoms with Gasteiger partial charge < -0.3 is 14.6 Å². The lowest BCUT2D eigenvalue weighted by Crippen LogP contribution is -2.47. The van der Waals surface area contributed by atoms with Crippen molar-refractivity contribution in [1.29, 1.82) is 0 Å². The number of nitrogens with zero attached hydrogens (tertiary/aromatic N) is 3. The van der Waals surface area contributed by atoms with Crippen LogP contribution in [0.5, 0.6) is 0 Å². The third kappa shape index (κ3) is 3.52. The summed E-state index contributed by atoms with van der Waals surface area (Å²) in [6, 6.07) is 16.9. The average Bonchev–Trinajstić information content (AvgIpc) is 3.06. The first-order valence-electron chi connectivity index (χ1n) is 11.3. The molecular formula is C25H30N4O. The van der Waals surface area contributed by atoms with Crippen LogP contribution in [-0.4, -0.2) is 46.4 Å². The fourth-order valence-corrected chi connectivity index (χ4v) is 5.25. The lowest BCUT2D eigenvalue weighted by atomic mass is 9.70. The molecule has 5 nitrogen and oxygen atoms in total. The van der Waals surface area contributed by atoms with E-state index < -0.39 is 0 Å². The van der Waals surface area contributed by atoms with Gasteiger partial charge >= 0.3 is 0 Å². The molecule has 1 atom stereocenters. The van der Waals surface area contributed by atoms with Gasteiger partial charge in [-0.15, -0.1) is 0 Å². The van der Waals surface area contributed by atoms with Crippen LogP contribution in [0.1, 0.15) is 43.4 Å². The number of carbonyl (C=O) groups excluding carboxylic acids is 1. The number of benzene rings is 1. The molecule has 2 fully saturated rings. The standard InChI is InChI=1S/C25H30N4O/c30-24(20-7-6-14-26-15-11-20)28-17-12-25(13-18-28,21-8-2-1-3-9-21)22-19-29-16-5-4-10-23(29)27-22/h1-5,8-10,16,19-20,26H,6-7,11-15,17-18H2. The molecule has 2 aliphatic rings. The van der Waals surface area contributed by atoms with E-state index in [1.54, 1.807) is 0 Å². The number of rotatable bonds is 3. The number of pyridine rings is 1. The number of nitrogens with one attached hydrogen (secondary N) is 1. The average molecular weight is 403 g/mol. The number of amides is 1. The van der Waals surface area contributed by atoms with E-state index in [4.69, 9.17) is 4.98 Å². The van der Waals surface area contributed by atoms with Gasteiger partial charge in [-0.1, -0.05) is 36.4 Å². The summed E-state index contributed by atoms with van der Waals surface area (Å²) in [7, 11) is 0. The van der Waals surface area contributed by atoms with Crippen molar-refractivity contribution < 1.29 is 4.79 Å². The topological polar surface area (TPSA) is 49.6 Å². The van der Waals surface area contributed by atoms with Gasteiger partial charge in [-0.25, -0.2) is 4.98 Å². The zero-order valence-electron chi connectivity index (χ0n) is 17.5. The Kier molecular flexibility index (Phi) is 5.30. The second-order valence-electron chi connectivity index (χ2n) is 8.74. The number of hydrogen-bond acceptors (Lipinski definition) is 3. The summed E-state index contributed by atoms with van der Waals surface area (Å²) in [6.07, 6.45) is 9.14. The second kappa shape index (κ2) is 8.23. The molecule has 0 spiro atoms. The zero-order valence-corrected chi connectivity index (χ0v) is 17.5. The lowest BCUT2D eigenvalue weighted by Gasteiger charge is -2.42. The number of likely N-dealkylation sites (tertiary alicyclic amines) is 1. The summed E-state index contributed by atoms with van der Waals surface area (Å²) >= 11 is 0. The van der Waals surface area contributed by atoms with Gasteiger partial charge in [-0.05, 0) is 62.9 Å². The Labute approximate surface area is 178 Å². The zero-order chi connectivity index (χ0) is 20.4. The van der Waals surface area contributed by atoms with Crippen molar-refractivity contribution in [3.05, 3.63) is 72.2 Å². The van der Waals surface area contributed by atoms with Crippen molar-refractivity contribution in [3.8, 4) is 0 Å². The van der Waals surface area contributed by atoms with Crippen LogP contribution >= 0.6 is 0 Å². The first-order valence-corrected chi connectivity index (χ1v) is 11.3. The van der Waals surface area contributed by atoms with Crippen molar-refractivity contribution in [2.45, 2.75) is 37.5 Å². The van der Waals surface area contributed by atoms with Crippen LogP contribution < -0.4 is 5.32 Å². The number of aromatic nitrogens is 2. The Balaban J connectivity index is 1.43. The minimum absolute atomic E-state index is 0.144. The van der Waals surface area contributed by atoms with E-state index in [2.05, 4.69) is 63.4 Å². The van der Waals surface area contributed by atoms with Crippen molar-refractivity contribution >= 4 is 11.6 Å². The molecule has 0 saturated carbocycles. The molecule has 156 valence electrons. The molecule has 1 amide bonds. The summed E-state index contributed by atoms with van der Waals surface area (Å²) in [4.78, 5) is 20.3. The van der Waals surface area contributed by atoms with Crippen molar-refractivity contribution in [2.75, 3.05) is 26.2 Å². The van der Waals surface area contributed by atoms with E-state index >= 15 is 0 Å². The van der Waals surface area contributed by atoms with E-state index in [-0.39, 0.29) is 11.3 Å². The molecule has 0 radical (unpaired) electrons. The van der Waals surface area contributed by atoms with Gasteiger partial charge in [-0.2, -0.15) is 0 Å². The highest BCUT2D eigenvalue weighted by atomic mass is 16.2. The molecule has 1 aromatic carbocycles. The van der Waals surface area contributed by atoms with Crippen molar-refractivity contribution in [2.24, 2.45) is 5.92 Å². The Hall–Kier alpha value is -2.66. The highest BCUT2D eigenvalue weighted by Crippen LogP contribution is 2.41. The predicted molar refractivity (Wildman–Crippen MR) is 118 cm³/mol. The Morgan fingerprint density at radius 3 is 2.60 bits per heavy atom. The van der Waals surface area contributed by atoms with Crippen LogP contribution in [0, 0.1) is 5.92 Å². The van der Waals surface area contributed by atoms with E-state index in [1.807, 2.05) is 12.1 Å². The first kappa shape index (κ1) is 19.3. The van der Waals surface area contributed by atoms with Gasteiger partial charge in [0.2, 0.25) is 5.91 Å². The van der Waals surface area contributed by atoms with Gasteiger partial charge in [0, 0.05) is 36.8 Å². The van der Waals surface area contributed by atoms with Crippen molar-refractivity contribution in [3.63, 3.8) is 0 Å². The molecule has 30 heavy (non-hydrogen) atoms. The normalized spacial score (nSPS) is 22.0. The number of hydrogen-bond donors (Lipinski definition) is 1. The fraction of sp³-hybridized carbons (Fsp3) is 0.440. The van der Waals surface area contributed by atoms with E-state index in [9.17, 15) is 4.79 Å². The maximum Gasteiger partial charge on any atom is 0.225 e. The Morgan fingerprint density at radius 2 is 1.80 bits per heavy atom. The summed E-state index contributed by atoms with van der Waals surface area (Å²) in [5.74, 6) is 0.537. The van der Waals surface area contributed by atoms with E-state index in [1.165, 1.54) is 5.56 Å². The summed E-state index contributed by atoms with van der Waals surface area (Å²) in [5.41, 5.74) is 3.26. The summed E-state index contributed by atoms with van der Waals surface area (Å²) in [5, 5.41) is 3.42. The lowest BCUT2D eigenvalue weighted by molar-refractivity contribution is -0.137. The Bertz CT molecular complexity index is 963. The Morgan fingerprint density at radius 1 is 1.00 bits per heavy atom. The van der Waals surface area contributed by atoms with Gasteiger partial charge in [0.1, 0.15) is 5.65 Å². The van der Waals surface area contributed by atoms with Crippen LogP contribution in [-0.2, 0) is 10.2 Å². The number of piperidine rings is 1. The van der Waals surface area contributed by atoms with Crippen LogP contribution in [0.2, 0.25) is 0 Å². The maximum atomic E-state index is 13.2. The summed E-state index contributed by atoms with van der Waals surface area (Å²) in [6.45, 7) is 3.59. The van der Waals surface area contributed by atoms with Gasteiger partial charge in [0.05, 0.1) is 5.69 Å². The molecule has 3 aromatic rings. The van der Waals surface area contributed by atoms with Gasteiger partial charge in [-0.3, -0.25) is 4.79 Å². The minimum Gasteiger partial charge on any atom is -0.342 e. The number of carbonyl (C=O) groups is 1. The highest BCUT2D eigenvalue weighted by molar-refractivity contribution is 5.79. The molecular weight excluding hydrogens is 372 g/mol. The van der Waals surface area contributed by atoms with Crippen LogP contribution in [0.15, 0.2) is 60.9 Å². The smallest absolute Gasteiger partial charge is 0.225 e. The molecule has 4 heterocycles. The quantitative estimate of drug-likeness (QED) is 0.728. The molecule has 2 aliphatic heterocycles. The molecule has 1 N–H and O–H groups in total. The monoisotopic (exact) mass is 402 g/mol. The second-order valence-corrected chi connectivity index (χ2v) is 8.74. The van der Waals surface area contributed by atoms with Crippen LogP contribution in [0.3, 0.4) is 0 Å². The highest BCUT2D eigenvalue weighted by Gasteiger charge is 2.41. The largest absolute Gasteiger partial charge is 0.342 e. The summed E-state index contributed by atoms with van der Waals surface area (Å²) < 4.78 is 2.11. The number of imidazole rings is 1. The molecule has 5 rings (SSSR count). The van der Waals surface area contributed by atoms with E-state index in [0.717, 1.165) is 69.6 Å². The molecule has 0 bridgehead atoms. The van der Waals surface area contributed by atoms with E-state index in [0.29, 0.717) is 5.91 Å². The number of fused-ring (bicyclic) bond motifs is 1. The molecule has 2 saturated heterocycles. The SMILES string of the molecule is O=C(C1CCCNCC1)N1CCC(c2ccccc2)(c2cn3ccccc3n2)CC1. The fourth-order valence-electron chi connectivity index (χ4n) is 5.25. The molecule has 1 unspecified atom stereocenters. The van der Waals surface area contributed by atoms with Crippen LogP contribution in [0.4, 0.5) is 0 Å². The first-order chi connectivity index (χ1) is 14.8. The third-order valence-electron chi connectivity index (χ3n) is 7.03. The van der Waals surface area contributed by atoms with Gasteiger partial charge in [0.25, 0.3) is 0 Å². The predicted octanol–water partition coefficient (Wildman–Crippen LogP) is 3.63. The van der Waals surface area contributed by atoms with Crippen molar-refractivity contribution in [1.82, 2.24) is 19.6 Å². The maximum absolute atomic E-state index is 13.2. The van der Waals surface area contributed by atoms with Crippen LogP contribution in [0.25, 0.3) is 5.65 Å². The minimum atomic E-state index is -0.144. The van der Waals surface area contributed by atoms with Gasteiger partial charge in [0.15, 0.2) is 0 Å². The molecule has 0 aliphatic carbocycles.